The fourth-order valence-electron chi connectivity index (χ4n) is 2.10. The summed E-state index contributed by atoms with van der Waals surface area (Å²) in [5, 5.41) is 9.57. The lowest BCUT2D eigenvalue weighted by molar-refractivity contribution is 0.0782. The summed E-state index contributed by atoms with van der Waals surface area (Å²) >= 11 is 11.9. The van der Waals surface area contributed by atoms with Crippen molar-refractivity contribution in [2.75, 3.05) is 25.4 Å². The Balaban J connectivity index is 2.24. The molecular formula is C12H14Cl2N2O2. The zero-order valence-corrected chi connectivity index (χ0v) is 11.2. The van der Waals surface area contributed by atoms with E-state index in [4.69, 9.17) is 34.0 Å². The smallest absolute Gasteiger partial charge is 0.255 e. The molecular weight excluding hydrogens is 275 g/mol. The van der Waals surface area contributed by atoms with Crippen molar-refractivity contribution < 1.29 is 9.90 Å². The average molecular weight is 289 g/mol. The summed E-state index contributed by atoms with van der Waals surface area (Å²) in [5.74, 6) is -0.0468. The number of amides is 1. The Bertz CT molecular complexity index is 479. The van der Waals surface area contributed by atoms with E-state index >= 15 is 0 Å². The van der Waals surface area contributed by atoms with Gasteiger partial charge in [-0.15, -0.1) is 0 Å². The van der Waals surface area contributed by atoms with E-state index in [9.17, 15) is 4.79 Å². The highest BCUT2D eigenvalue weighted by Gasteiger charge is 2.28. The number of anilines is 1. The lowest BCUT2D eigenvalue weighted by Gasteiger charge is -2.17. The van der Waals surface area contributed by atoms with Gasteiger partial charge in [0, 0.05) is 31.3 Å². The van der Waals surface area contributed by atoms with Crippen LogP contribution in [0, 0.1) is 5.92 Å². The molecule has 1 heterocycles. The fraction of sp³-hybridized carbons (Fsp3) is 0.417. The molecule has 0 aliphatic carbocycles. The maximum atomic E-state index is 12.3. The van der Waals surface area contributed by atoms with Crippen LogP contribution in [-0.4, -0.2) is 35.6 Å². The molecule has 18 heavy (non-hydrogen) atoms. The maximum absolute atomic E-state index is 12.3. The number of hydrogen-bond donors (Lipinski definition) is 2. The molecule has 0 aromatic heterocycles. The Hall–Kier alpha value is -0.970. The fourth-order valence-corrected chi connectivity index (χ4v) is 2.52. The largest absolute Gasteiger partial charge is 0.399 e. The van der Waals surface area contributed by atoms with E-state index in [1.165, 1.54) is 12.1 Å². The van der Waals surface area contributed by atoms with Crippen molar-refractivity contribution in [1.82, 2.24) is 4.90 Å². The van der Waals surface area contributed by atoms with E-state index in [-0.39, 0.29) is 28.5 Å². The SMILES string of the molecule is Nc1cc(Cl)c(Cl)c(C(=O)N2CCC(CO)C2)c1. The van der Waals surface area contributed by atoms with Gasteiger partial charge in [0.25, 0.3) is 5.91 Å². The third-order valence-corrected chi connectivity index (χ3v) is 3.91. The summed E-state index contributed by atoms with van der Waals surface area (Å²) < 4.78 is 0. The Morgan fingerprint density at radius 3 is 2.83 bits per heavy atom. The number of nitrogens with two attached hydrogens (primary N) is 1. The zero-order valence-electron chi connectivity index (χ0n) is 9.70. The lowest BCUT2D eigenvalue weighted by atomic mass is 10.1. The second kappa shape index (κ2) is 5.34. The number of aliphatic hydroxyl groups excluding tert-OH is 1. The molecule has 0 spiro atoms. The second-order valence-electron chi connectivity index (χ2n) is 4.45. The van der Waals surface area contributed by atoms with Crippen LogP contribution in [0.4, 0.5) is 5.69 Å². The van der Waals surface area contributed by atoms with Crippen molar-refractivity contribution in [2.45, 2.75) is 6.42 Å². The van der Waals surface area contributed by atoms with E-state index in [2.05, 4.69) is 0 Å². The van der Waals surface area contributed by atoms with Gasteiger partial charge in [-0.05, 0) is 18.6 Å². The third kappa shape index (κ3) is 2.55. The predicted molar refractivity (Wildman–Crippen MR) is 72.0 cm³/mol. The van der Waals surface area contributed by atoms with Crippen LogP contribution in [0.1, 0.15) is 16.8 Å². The molecule has 1 aromatic rings. The molecule has 6 heteroatoms. The van der Waals surface area contributed by atoms with Gasteiger partial charge in [0.2, 0.25) is 0 Å². The molecule has 2 rings (SSSR count). The summed E-state index contributed by atoms with van der Waals surface area (Å²) in [6, 6.07) is 3.05. The van der Waals surface area contributed by atoms with Gasteiger partial charge in [-0.25, -0.2) is 0 Å². The highest BCUT2D eigenvalue weighted by Crippen LogP contribution is 2.30. The van der Waals surface area contributed by atoms with Crippen LogP contribution in [0.25, 0.3) is 0 Å². The summed E-state index contributed by atoms with van der Waals surface area (Å²) in [4.78, 5) is 13.9. The van der Waals surface area contributed by atoms with Crippen molar-refractivity contribution in [3.8, 4) is 0 Å². The number of nitrogens with zero attached hydrogens (tertiary/aromatic N) is 1. The first kappa shape index (κ1) is 13.5. The Labute approximate surface area is 115 Å². The van der Waals surface area contributed by atoms with E-state index in [1.807, 2.05) is 0 Å². The maximum Gasteiger partial charge on any atom is 0.255 e. The van der Waals surface area contributed by atoms with Crippen LogP contribution >= 0.6 is 23.2 Å². The van der Waals surface area contributed by atoms with Gasteiger partial charge in [-0.3, -0.25) is 4.79 Å². The second-order valence-corrected chi connectivity index (χ2v) is 5.24. The summed E-state index contributed by atoms with van der Waals surface area (Å²) in [6.45, 7) is 1.25. The molecule has 1 saturated heterocycles. The van der Waals surface area contributed by atoms with Crippen molar-refractivity contribution >= 4 is 34.8 Å². The van der Waals surface area contributed by atoms with E-state index in [1.54, 1.807) is 4.90 Å². The molecule has 0 saturated carbocycles. The van der Waals surface area contributed by atoms with Crippen LogP contribution in [-0.2, 0) is 0 Å². The van der Waals surface area contributed by atoms with Crippen LogP contribution in [0.5, 0.6) is 0 Å². The monoisotopic (exact) mass is 288 g/mol. The van der Waals surface area contributed by atoms with E-state index in [0.29, 0.717) is 24.3 Å². The number of hydrogen-bond acceptors (Lipinski definition) is 3. The highest BCUT2D eigenvalue weighted by molar-refractivity contribution is 6.44. The lowest BCUT2D eigenvalue weighted by Crippen LogP contribution is -2.29. The minimum absolute atomic E-state index is 0.0925. The van der Waals surface area contributed by atoms with Crippen LogP contribution in [0.3, 0.4) is 0 Å². The van der Waals surface area contributed by atoms with Gasteiger partial charge in [-0.1, -0.05) is 23.2 Å². The number of aliphatic hydroxyl groups is 1. The highest BCUT2D eigenvalue weighted by atomic mass is 35.5. The van der Waals surface area contributed by atoms with Crippen LogP contribution < -0.4 is 5.73 Å². The van der Waals surface area contributed by atoms with Gasteiger partial charge in [0.05, 0.1) is 15.6 Å². The zero-order chi connectivity index (χ0) is 13.3. The minimum Gasteiger partial charge on any atom is -0.399 e. The molecule has 1 fully saturated rings. The first-order valence-electron chi connectivity index (χ1n) is 5.67. The van der Waals surface area contributed by atoms with Crippen molar-refractivity contribution in [2.24, 2.45) is 5.92 Å². The number of benzene rings is 1. The van der Waals surface area contributed by atoms with E-state index in [0.717, 1.165) is 6.42 Å². The molecule has 1 amide bonds. The third-order valence-electron chi connectivity index (χ3n) is 3.11. The Kier molecular flexibility index (Phi) is 4.00. The van der Waals surface area contributed by atoms with Gasteiger partial charge < -0.3 is 15.7 Å². The first-order chi connectivity index (χ1) is 8.52. The van der Waals surface area contributed by atoms with Crippen molar-refractivity contribution in [3.05, 3.63) is 27.7 Å². The summed E-state index contributed by atoms with van der Waals surface area (Å²) in [5.41, 5.74) is 6.39. The van der Waals surface area contributed by atoms with Gasteiger partial charge in [0.15, 0.2) is 0 Å². The number of carbonyl (C=O) groups is 1. The molecule has 0 radical (unpaired) electrons. The molecule has 4 nitrogen and oxygen atoms in total. The van der Waals surface area contributed by atoms with Gasteiger partial charge >= 0.3 is 0 Å². The quantitative estimate of drug-likeness (QED) is 0.819. The standard InChI is InChI=1S/C12H14Cl2N2O2/c13-10-4-8(15)3-9(11(10)14)12(18)16-2-1-7(5-16)6-17/h3-4,7,17H,1-2,5-6,15H2. The van der Waals surface area contributed by atoms with Crippen molar-refractivity contribution in [1.29, 1.82) is 0 Å². The number of likely N-dealkylation sites (tertiary alicyclic amines) is 1. The summed E-state index contributed by atoms with van der Waals surface area (Å²) in [6.07, 6.45) is 0.801. The van der Waals surface area contributed by atoms with E-state index < -0.39 is 0 Å². The van der Waals surface area contributed by atoms with Gasteiger partial charge in [0.1, 0.15) is 0 Å². The molecule has 1 unspecified atom stereocenters. The number of carbonyl (C=O) groups excluding carboxylic acids is 1. The van der Waals surface area contributed by atoms with Crippen molar-refractivity contribution in [3.63, 3.8) is 0 Å². The average Bonchev–Trinajstić information content (AvgIpc) is 2.81. The molecule has 3 N–H and O–H groups in total. The topological polar surface area (TPSA) is 66.6 Å². The molecule has 1 aliphatic rings. The molecule has 98 valence electrons. The Morgan fingerprint density at radius 2 is 2.22 bits per heavy atom. The first-order valence-corrected chi connectivity index (χ1v) is 6.43. The molecule has 1 atom stereocenters. The normalized spacial score (nSPS) is 19.3. The number of rotatable bonds is 2. The predicted octanol–water partition coefficient (Wildman–Crippen LogP) is 2.03. The van der Waals surface area contributed by atoms with Gasteiger partial charge in [-0.2, -0.15) is 0 Å². The minimum atomic E-state index is -0.190. The Morgan fingerprint density at radius 1 is 1.50 bits per heavy atom. The van der Waals surface area contributed by atoms with Crippen LogP contribution in [0.2, 0.25) is 10.0 Å². The van der Waals surface area contributed by atoms with Crippen LogP contribution in [0.15, 0.2) is 12.1 Å². The number of nitrogen functional groups attached to an aromatic ring is 1. The number of halogens is 2. The molecule has 0 bridgehead atoms. The summed E-state index contributed by atoms with van der Waals surface area (Å²) in [7, 11) is 0. The molecule has 1 aliphatic heterocycles. The molecule has 1 aromatic carbocycles.